The van der Waals surface area contributed by atoms with Gasteiger partial charge in [0.1, 0.15) is 0 Å². The molecule has 2 unspecified atom stereocenters. The van der Waals surface area contributed by atoms with Gasteiger partial charge >= 0.3 is 0 Å². The van der Waals surface area contributed by atoms with Crippen LogP contribution in [0.3, 0.4) is 0 Å². The lowest BCUT2D eigenvalue weighted by Gasteiger charge is -2.26. The van der Waals surface area contributed by atoms with Crippen molar-refractivity contribution in [2.75, 3.05) is 26.2 Å². The van der Waals surface area contributed by atoms with Crippen molar-refractivity contribution in [2.24, 2.45) is 5.73 Å². The summed E-state index contributed by atoms with van der Waals surface area (Å²) < 4.78 is 0. The Labute approximate surface area is 116 Å². The molecule has 2 saturated heterocycles. The second kappa shape index (κ2) is 5.23. The molecule has 2 aliphatic heterocycles. The fourth-order valence-electron chi connectivity index (χ4n) is 3.43. The summed E-state index contributed by atoms with van der Waals surface area (Å²) in [5, 5.41) is 0. The summed E-state index contributed by atoms with van der Waals surface area (Å²) in [6.07, 6.45) is 2.44. The zero-order valence-corrected chi connectivity index (χ0v) is 11.9. The molecule has 0 aliphatic carbocycles. The molecule has 3 heteroatoms. The lowest BCUT2D eigenvalue weighted by Crippen LogP contribution is -2.43. The molecule has 2 N–H and O–H groups in total. The average Bonchev–Trinajstić information content (AvgIpc) is 2.97. The van der Waals surface area contributed by atoms with Crippen LogP contribution in [0.4, 0.5) is 0 Å². The van der Waals surface area contributed by atoms with Crippen molar-refractivity contribution in [2.45, 2.75) is 37.9 Å². The first-order valence-electron chi connectivity index (χ1n) is 7.42. The van der Waals surface area contributed by atoms with Crippen LogP contribution in [0.1, 0.15) is 25.3 Å². The molecule has 0 radical (unpaired) electrons. The van der Waals surface area contributed by atoms with E-state index in [0.717, 1.165) is 19.5 Å². The number of rotatable bonds is 3. The summed E-state index contributed by atoms with van der Waals surface area (Å²) >= 11 is 0. The fourth-order valence-corrected chi connectivity index (χ4v) is 3.43. The number of nitrogens with zero attached hydrogens (tertiary/aromatic N) is 2. The highest BCUT2D eigenvalue weighted by Gasteiger charge is 2.36. The van der Waals surface area contributed by atoms with E-state index in [2.05, 4.69) is 47.1 Å². The van der Waals surface area contributed by atoms with Gasteiger partial charge in [0.05, 0.1) is 0 Å². The zero-order chi connectivity index (χ0) is 13.3. The van der Waals surface area contributed by atoms with E-state index >= 15 is 0 Å². The second-order valence-corrected chi connectivity index (χ2v) is 6.54. The van der Waals surface area contributed by atoms with Crippen LogP contribution in [-0.4, -0.2) is 47.6 Å². The third-order valence-electron chi connectivity index (χ3n) is 4.55. The van der Waals surface area contributed by atoms with Crippen LogP contribution in [0.2, 0.25) is 0 Å². The van der Waals surface area contributed by atoms with Gasteiger partial charge in [-0.3, -0.25) is 9.80 Å². The quantitative estimate of drug-likeness (QED) is 0.896. The normalized spacial score (nSPS) is 33.1. The van der Waals surface area contributed by atoms with E-state index in [-0.39, 0.29) is 5.54 Å². The molecule has 3 rings (SSSR count). The third-order valence-corrected chi connectivity index (χ3v) is 4.55. The molecule has 2 heterocycles. The van der Waals surface area contributed by atoms with E-state index in [9.17, 15) is 0 Å². The number of hydrogen-bond donors (Lipinski definition) is 1. The van der Waals surface area contributed by atoms with Gasteiger partial charge in [-0.1, -0.05) is 30.3 Å². The van der Waals surface area contributed by atoms with Gasteiger partial charge in [0.15, 0.2) is 0 Å². The fraction of sp³-hybridized carbons (Fsp3) is 0.625. The molecule has 104 valence electrons. The molecule has 0 spiro atoms. The summed E-state index contributed by atoms with van der Waals surface area (Å²) in [5.74, 6) is 0. The predicted molar refractivity (Wildman–Crippen MR) is 78.9 cm³/mol. The summed E-state index contributed by atoms with van der Waals surface area (Å²) in [6.45, 7) is 7.94. The molecule has 2 aliphatic rings. The first-order chi connectivity index (χ1) is 9.12. The Bertz CT molecular complexity index is 415. The average molecular weight is 259 g/mol. The van der Waals surface area contributed by atoms with Crippen molar-refractivity contribution < 1.29 is 0 Å². The molecule has 2 atom stereocenters. The van der Waals surface area contributed by atoms with Gasteiger partial charge in [-0.05, 0) is 25.3 Å². The molecule has 1 aromatic rings. The van der Waals surface area contributed by atoms with E-state index in [0.29, 0.717) is 6.04 Å². The molecular formula is C16H25N3. The van der Waals surface area contributed by atoms with Crippen molar-refractivity contribution >= 4 is 0 Å². The Morgan fingerprint density at radius 2 is 2.05 bits per heavy atom. The summed E-state index contributed by atoms with van der Waals surface area (Å²) in [6, 6.07) is 11.5. The van der Waals surface area contributed by atoms with Crippen LogP contribution in [0.15, 0.2) is 30.3 Å². The lowest BCUT2D eigenvalue weighted by atomic mass is 10.0. The smallest absolute Gasteiger partial charge is 0.0267 e. The summed E-state index contributed by atoms with van der Waals surface area (Å²) in [5.41, 5.74) is 7.70. The SMILES string of the molecule is CC1(N)CCN(C2CCN(Cc3ccccc3)C2)C1. The largest absolute Gasteiger partial charge is 0.324 e. The Morgan fingerprint density at radius 3 is 2.74 bits per heavy atom. The molecule has 2 fully saturated rings. The second-order valence-electron chi connectivity index (χ2n) is 6.54. The first-order valence-corrected chi connectivity index (χ1v) is 7.42. The molecular weight excluding hydrogens is 234 g/mol. The molecule has 0 bridgehead atoms. The van der Waals surface area contributed by atoms with Crippen LogP contribution >= 0.6 is 0 Å². The van der Waals surface area contributed by atoms with Gasteiger partial charge in [0.2, 0.25) is 0 Å². The van der Waals surface area contributed by atoms with E-state index in [1.54, 1.807) is 0 Å². The topological polar surface area (TPSA) is 32.5 Å². The number of nitrogens with two attached hydrogens (primary N) is 1. The maximum atomic E-state index is 6.24. The molecule has 3 nitrogen and oxygen atoms in total. The van der Waals surface area contributed by atoms with Crippen molar-refractivity contribution in [3.05, 3.63) is 35.9 Å². The van der Waals surface area contributed by atoms with Crippen LogP contribution in [0, 0.1) is 0 Å². The summed E-state index contributed by atoms with van der Waals surface area (Å²) in [4.78, 5) is 5.18. The Balaban J connectivity index is 1.53. The van der Waals surface area contributed by atoms with E-state index in [1.807, 2.05) is 0 Å². The lowest BCUT2D eigenvalue weighted by molar-refractivity contribution is 0.220. The standard InChI is InChI=1S/C16H25N3/c1-16(17)8-10-19(13-16)15-7-9-18(12-15)11-14-5-3-2-4-6-14/h2-6,15H,7-13,17H2,1H3. The minimum Gasteiger partial charge on any atom is -0.324 e. The van der Waals surface area contributed by atoms with Crippen molar-refractivity contribution in [3.63, 3.8) is 0 Å². The number of likely N-dealkylation sites (tertiary alicyclic amines) is 2. The van der Waals surface area contributed by atoms with Crippen LogP contribution in [-0.2, 0) is 6.54 Å². The van der Waals surface area contributed by atoms with Crippen molar-refractivity contribution in [1.82, 2.24) is 9.80 Å². The monoisotopic (exact) mass is 259 g/mol. The van der Waals surface area contributed by atoms with Gasteiger partial charge in [0, 0.05) is 44.3 Å². The van der Waals surface area contributed by atoms with E-state index < -0.39 is 0 Å². The van der Waals surface area contributed by atoms with Gasteiger partial charge < -0.3 is 5.73 Å². The van der Waals surface area contributed by atoms with Crippen LogP contribution in [0.5, 0.6) is 0 Å². The molecule has 0 aromatic heterocycles. The number of benzene rings is 1. The predicted octanol–water partition coefficient (Wildman–Crippen LogP) is 1.68. The minimum atomic E-state index is 0.0346. The van der Waals surface area contributed by atoms with Crippen LogP contribution in [0.25, 0.3) is 0 Å². The maximum absolute atomic E-state index is 6.24. The van der Waals surface area contributed by atoms with Gasteiger partial charge in [-0.2, -0.15) is 0 Å². The first kappa shape index (κ1) is 13.1. The van der Waals surface area contributed by atoms with Crippen LogP contribution < -0.4 is 5.73 Å². The Hall–Kier alpha value is -0.900. The highest BCUT2D eigenvalue weighted by atomic mass is 15.3. The van der Waals surface area contributed by atoms with E-state index in [1.165, 1.54) is 31.6 Å². The minimum absolute atomic E-state index is 0.0346. The highest BCUT2D eigenvalue weighted by molar-refractivity contribution is 5.14. The summed E-state index contributed by atoms with van der Waals surface area (Å²) in [7, 11) is 0. The van der Waals surface area contributed by atoms with Crippen molar-refractivity contribution in [1.29, 1.82) is 0 Å². The zero-order valence-electron chi connectivity index (χ0n) is 11.9. The molecule has 0 amide bonds. The molecule has 0 saturated carbocycles. The molecule has 19 heavy (non-hydrogen) atoms. The molecule has 1 aromatic carbocycles. The van der Waals surface area contributed by atoms with Gasteiger partial charge in [0.25, 0.3) is 0 Å². The Kier molecular flexibility index (Phi) is 3.61. The number of hydrogen-bond acceptors (Lipinski definition) is 3. The van der Waals surface area contributed by atoms with Gasteiger partial charge in [-0.25, -0.2) is 0 Å². The maximum Gasteiger partial charge on any atom is 0.0267 e. The van der Waals surface area contributed by atoms with Crippen molar-refractivity contribution in [3.8, 4) is 0 Å². The third kappa shape index (κ3) is 3.16. The van der Waals surface area contributed by atoms with E-state index in [4.69, 9.17) is 5.73 Å². The Morgan fingerprint density at radius 1 is 1.26 bits per heavy atom. The van der Waals surface area contributed by atoms with Gasteiger partial charge in [-0.15, -0.1) is 0 Å². The highest BCUT2D eigenvalue weighted by Crippen LogP contribution is 2.25.